The molecule has 0 amide bonds. The van der Waals surface area contributed by atoms with Gasteiger partial charge in [0.15, 0.2) is 5.13 Å². The van der Waals surface area contributed by atoms with Gasteiger partial charge in [-0.2, -0.15) is 0 Å². The van der Waals surface area contributed by atoms with E-state index in [4.69, 9.17) is 16.7 Å². The molecule has 0 saturated carbocycles. The van der Waals surface area contributed by atoms with Crippen molar-refractivity contribution in [1.29, 1.82) is 0 Å². The van der Waals surface area contributed by atoms with E-state index in [-0.39, 0.29) is 0 Å². The third-order valence-corrected chi connectivity index (χ3v) is 5.16. The maximum atomic E-state index is 11.1. The SMILES string of the molecule is O=C(O)C1CCc2sc(Nc3cc(Cl)ccc3Br)nc21. The van der Waals surface area contributed by atoms with Gasteiger partial charge in [0.2, 0.25) is 0 Å². The van der Waals surface area contributed by atoms with Crippen molar-refractivity contribution in [3.63, 3.8) is 0 Å². The molecular formula is C13H10BrClN2O2S. The van der Waals surface area contributed by atoms with Gasteiger partial charge in [-0.25, -0.2) is 4.98 Å². The van der Waals surface area contributed by atoms with E-state index >= 15 is 0 Å². The number of anilines is 2. The summed E-state index contributed by atoms with van der Waals surface area (Å²) < 4.78 is 0.882. The van der Waals surface area contributed by atoms with Crippen molar-refractivity contribution in [2.75, 3.05) is 5.32 Å². The van der Waals surface area contributed by atoms with Gasteiger partial charge < -0.3 is 10.4 Å². The average Bonchev–Trinajstić information content (AvgIpc) is 2.92. The Morgan fingerprint density at radius 3 is 3.10 bits per heavy atom. The van der Waals surface area contributed by atoms with Crippen LogP contribution in [-0.4, -0.2) is 16.1 Å². The van der Waals surface area contributed by atoms with E-state index in [0.29, 0.717) is 22.3 Å². The highest BCUT2D eigenvalue weighted by molar-refractivity contribution is 9.10. The minimum Gasteiger partial charge on any atom is -0.481 e. The fourth-order valence-electron chi connectivity index (χ4n) is 2.23. The Morgan fingerprint density at radius 2 is 2.35 bits per heavy atom. The Bertz CT molecular complexity index is 689. The summed E-state index contributed by atoms with van der Waals surface area (Å²) in [4.78, 5) is 16.6. The van der Waals surface area contributed by atoms with E-state index in [2.05, 4.69) is 26.2 Å². The fourth-order valence-corrected chi connectivity index (χ4v) is 3.80. The summed E-state index contributed by atoms with van der Waals surface area (Å²) in [5, 5.41) is 13.7. The van der Waals surface area contributed by atoms with Crippen LogP contribution < -0.4 is 5.32 Å². The number of nitrogens with one attached hydrogen (secondary N) is 1. The lowest BCUT2D eigenvalue weighted by molar-refractivity contribution is -0.138. The van der Waals surface area contributed by atoms with E-state index in [9.17, 15) is 4.79 Å². The molecule has 0 radical (unpaired) electrons. The second-order valence-electron chi connectivity index (χ2n) is 4.51. The van der Waals surface area contributed by atoms with Crippen LogP contribution in [0.5, 0.6) is 0 Å². The van der Waals surface area contributed by atoms with Crippen LogP contribution in [0.2, 0.25) is 5.02 Å². The molecule has 1 aromatic carbocycles. The lowest BCUT2D eigenvalue weighted by Gasteiger charge is -2.06. The van der Waals surface area contributed by atoms with Gasteiger partial charge in [-0.15, -0.1) is 11.3 Å². The topological polar surface area (TPSA) is 62.2 Å². The van der Waals surface area contributed by atoms with Crippen molar-refractivity contribution in [3.8, 4) is 0 Å². The molecule has 1 heterocycles. The maximum Gasteiger partial charge on any atom is 0.312 e. The van der Waals surface area contributed by atoms with Crippen LogP contribution in [0.1, 0.15) is 22.9 Å². The molecule has 4 nitrogen and oxygen atoms in total. The number of thiazole rings is 1. The van der Waals surface area contributed by atoms with Gasteiger partial charge in [0.1, 0.15) is 5.92 Å². The summed E-state index contributed by atoms with van der Waals surface area (Å²) in [6.07, 6.45) is 1.42. The molecular weight excluding hydrogens is 364 g/mol. The van der Waals surface area contributed by atoms with Crippen LogP contribution in [0.4, 0.5) is 10.8 Å². The van der Waals surface area contributed by atoms with Crippen molar-refractivity contribution < 1.29 is 9.90 Å². The number of carboxylic acid groups (broad SMARTS) is 1. The number of benzene rings is 1. The highest BCUT2D eigenvalue weighted by atomic mass is 79.9. The molecule has 2 N–H and O–H groups in total. The van der Waals surface area contributed by atoms with Crippen LogP contribution >= 0.6 is 38.9 Å². The van der Waals surface area contributed by atoms with Crippen LogP contribution in [0.3, 0.4) is 0 Å². The standard InChI is InChI=1S/C13H10BrClN2O2S/c14-8-3-1-6(15)5-9(8)16-13-17-11-7(12(18)19)2-4-10(11)20-13/h1,3,5,7H,2,4H2,(H,16,17)(H,18,19). The molecule has 0 fully saturated rings. The molecule has 0 aliphatic heterocycles. The average molecular weight is 374 g/mol. The van der Waals surface area contributed by atoms with Gasteiger partial charge in [0.25, 0.3) is 0 Å². The largest absolute Gasteiger partial charge is 0.481 e. The van der Waals surface area contributed by atoms with Gasteiger partial charge in [0, 0.05) is 14.4 Å². The molecule has 1 aromatic heterocycles. The highest BCUT2D eigenvalue weighted by Gasteiger charge is 2.32. The number of carboxylic acids is 1. The summed E-state index contributed by atoms with van der Waals surface area (Å²) in [7, 11) is 0. The second kappa shape index (κ2) is 5.35. The first-order valence-corrected chi connectivity index (χ1v) is 7.98. The lowest BCUT2D eigenvalue weighted by Crippen LogP contribution is -2.08. The van der Waals surface area contributed by atoms with Crippen LogP contribution in [0, 0.1) is 0 Å². The molecule has 1 aliphatic carbocycles. The summed E-state index contributed by atoms with van der Waals surface area (Å²) in [5.74, 6) is -1.27. The molecule has 20 heavy (non-hydrogen) atoms. The Balaban J connectivity index is 1.88. The predicted octanol–water partition coefficient (Wildman–Crippen LogP) is 4.42. The van der Waals surface area contributed by atoms with E-state index in [1.165, 1.54) is 11.3 Å². The zero-order valence-corrected chi connectivity index (χ0v) is 13.3. The first-order chi connectivity index (χ1) is 9.54. The number of hydrogen-bond acceptors (Lipinski definition) is 4. The zero-order chi connectivity index (χ0) is 14.3. The number of halogens is 2. The van der Waals surface area contributed by atoms with Crippen LogP contribution in [-0.2, 0) is 11.2 Å². The van der Waals surface area contributed by atoms with Gasteiger partial charge >= 0.3 is 5.97 Å². The maximum absolute atomic E-state index is 11.1. The summed E-state index contributed by atoms with van der Waals surface area (Å²) in [6.45, 7) is 0. The zero-order valence-electron chi connectivity index (χ0n) is 10.2. The van der Waals surface area contributed by atoms with Crippen LogP contribution in [0.25, 0.3) is 0 Å². The quantitative estimate of drug-likeness (QED) is 0.836. The number of fused-ring (bicyclic) bond motifs is 1. The normalized spacial score (nSPS) is 17.0. The van der Waals surface area contributed by atoms with E-state index in [0.717, 1.165) is 21.5 Å². The Labute approximate surface area is 132 Å². The third kappa shape index (κ3) is 2.55. The predicted molar refractivity (Wildman–Crippen MR) is 83.2 cm³/mol. The van der Waals surface area contributed by atoms with Crippen molar-refractivity contribution in [1.82, 2.24) is 4.98 Å². The van der Waals surface area contributed by atoms with E-state index in [1.54, 1.807) is 12.1 Å². The highest BCUT2D eigenvalue weighted by Crippen LogP contribution is 2.40. The van der Waals surface area contributed by atoms with Gasteiger partial charge in [-0.05, 0) is 47.0 Å². The number of aryl methyl sites for hydroxylation is 1. The molecule has 0 saturated heterocycles. The van der Waals surface area contributed by atoms with Crippen LogP contribution in [0.15, 0.2) is 22.7 Å². The van der Waals surface area contributed by atoms with E-state index < -0.39 is 11.9 Å². The molecule has 2 aromatic rings. The Hall–Kier alpha value is -1.11. The minimum absolute atomic E-state index is 0.473. The molecule has 3 rings (SSSR count). The number of carbonyl (C=O) groups is 1. The van der Waals surface area contributed by atoms with Gasteiger partial charge in [-0.1, -0.05) is 11.6 Å². The summed E-state index contributed by atoms with van der Waals surface area (Å²) in [6, 6.07) is 5.44. The molecule has 0 spiro atoms. The molecule has 0 bridgehead atoms. The monoisotopic (exact) mass is 372 g/mol. The molecule has 1 unspecified atom stereocenters. The second-order valence-corrected chi connectivity index (χ2v) is 6.88. The smallest absolute Gasteiger partial charge is 0.312 e. The Kier molecular flexibility index (Phi) is 3.70. The first-order valence-electron chi connectivity index (χ1n) is 5.99. The molecule has 104 valence electrons. The summed E-state index contributed by atoms with van der Waals surface area (Å²) >= 11 is 10.9. The van der Waals surface area contributed by atoms with Crippen molar-refractivity contribution >= 4 is 55.7 Å². The number of aliphatic carboxylic acids is 1. The molecule has 1 aliphatic rings. The van der Waals surface area contributed by atoms with Gasteiger partial charge in [-0.3, -0.25) is 4.79 Å². The molecule has 1 atom stereocenters. The first kappa shape index (κ1) is 13.9. The summed E-state index contributed by atoms with van der Waals surface area (Å²) in [5.41, 5.74) is 1.51. The number of rotatable bonds is 3. The van der Waals surface area contributed by atoms with Crippen molar-refractivity contribution in [2.24, 2.45) is 0 Å². The number of hydrogen-bond donors (Lipinski definition) is 2. The van der Waals surface area contributed by atoms with E-state index in [1.807, 2.05) is 6.07 Å². The lowest BCUT2D eigenvalue weighted by atomic mass is 10.1. The fraction of sp³-hybridized carbons (Fsp3) is 0.231. The molecule has 7 heteroatoms. The van der Waals surface area contributed by atoms with Crippen molar-refractivity contribution in [3.05, 3.63) is 38.3 Å². The van der Waals surface area contributed by atoms with Gasteiger partial charge in [0.05, 0.1) is 11.4 Å². The minimum atomic E-state index is -0.801. The number of nitrogens with zero attached hydrogens (tertiary/aromatic N) is 1. The third-order valence-electron chi connectivity index (χ3n) is 3.19. The Morgan fingerprint density at radius 1 is 1.55 bits per heavy atom. The van der Waals surface area contributed by atoms with Crippen molar-refractivity contribution in [2.45, 2.75) is 18.8 Å². The number of aromatic nitrogens is 1.